The van der Waals surface area contributed by atoms with Gasteiger partial charge in [0.15, 0.2) is 6.20 Å². The summed E-state index contributed by atoms with van der Waals surface area (Å²) in [5.41, 5.74) is 2.34. The highest BCUT2D eigenvalue weighted by atomic mass is 127. The van der Waals surface area contributed by atoms with Crippen LogP contribution in [0.15, 0.2) is 48.7 Å². The van der Waals surface area contributed by atoms with Crippen LogP contribution in [0.2, 0.25) is 0 Å². The van der Waals surface area contributed by atoms with Gasteiger partial charge in [-0.3, -0.25) is 0 Å². The zero-order chi connectivity index (χ0) is 12.8. The van der Waals surface area contributed by atoms with Crippen LogP contribution >= 0.6 is 0 Å². The molecule has 0 fully saturated rings. The van der Waals surface area contributed by atoms with E-state index in [2.05, 4.69) is 34.9 Å². The smallest absolute Gasteiger partial charge is 0.204 e. The molecule has 1 heterocycles. The van der Waals surface area contributed by atoms with E-state index in [0.29, 0.717) is 6.61 Å². The van der Waals surface area contributed by atoms with Crippen LogP contribution < -0.4 is 33.3 Å². The Morgan fingerprint density at radius 3 is 2.42 bits per heavy atom. The Morgan fingerprint density at radius 2 is 1.79 bits per heavy atom. The average Bonchev–Trinajstić information content (AvgIpc) is 2.40. The number of ether oxygens (including phenoxy) is 1. The van der Waals surface area contributed by atoms with Gasteiger partial charge < -0.3 is 28.7 Å². The Labute approximate surface area is 131 Å². The number of pyridine rings is 1. The van der Waals surface area contributed by atoms with Crippen LogP contribution in [-0.4, -0.2) is 6.61 Å². The molecule has 2 rings (SSSR count). The van der Waals surface area contributed by atoms with Crippen LogP contribution in [0, 0.1) is 0 Å². The molecule has 0 radical (unpaired) electrons. The van der Waals surface area contributed by atoms with Crippen molar-refractivity contribution in [2.75, 3.05) is 6.61 Å². The lowest BCUT2D eigenvalue weighted by Gasteiger charge is -2.02. The molecule has 3 heteroatoms. The van der Waals surface area contributed by atoms with E-state index in [1.807, 2.05) is 44.4 Å². The van der Waals surface area contributed by atoms with Gasteiger partial charge in [-0.25, -0.2) is 4.57 Å². The van der Waals surface area contributed by atoms with Crippen LogP contribution in [-0.2, 0) is 7.05 Å². The third-order valence-electron chi connectivity index (χ3n) is 2.73. The molecule has 0 saturated heterocycles. The van der Waals surface area contributed by atoms with E-state index in [1.54, 1.807) is 0 Å². The molecule has 0 N–H and O–H groups in total. The molecule has 2 nitrogen and oxygen atoms in total. The summed E-state index contributed by atoms with van der Waals surface area (Å²) in [5, 5.41) is 0. The highest BCUT2D eigenvalue weighted by Crippen LogP contribution is 2.13. The van der Waals surface area contributed by atoms with Crippen molar-refractivity contribution in [1.29, 1.82) is 0 Å². The van der Waals surface area contributed by atoms with Crippen LogP contribution in [0.25, 0.3) is 12.2 Å². The van der Waals surface area contributed by atoms with Gasteiger partial charge in [0.25, 0.3) is 0 Å². The third-order valence-corrected chi connectivity index (χ3v) is 2.73. The quantitative estimate of drug-likeness (QED) is 0.552. The molecule has 0 aliphatic rings. The van der Waals surface area contributed by atoms with Gasteiger partial charge in [-0.1, -0.05) is 12.1 Å². The summed E-state index contributed by atoms with van der Waals surface area (Å²) in [7, 11) is 2.04. The van der Waals surface area contributed by atoms with Gasteiger partial charge in [0.2, 0.25) is 5.69 Å². The molecule has 100 valence electrons. The number of nitrogens with zero attached hydrogens (tertiary/aromatic N) is 1. The molecule has 0 saturated carbocycles. The molecule has 0 amide bonds. The van der Waals surface area contributed by atoms with Crippen molar-refractivity contribution in [3.8, 4) is 5.75 Å². The van der Waals surface area contributed by atoms with Crippen LogP contribution in [0.5, 0.6) is 5.75 Å². The molecule has 19 heavy (non-hydrogen) atoms. The first-order valence-electron chi connectivity index (χ1n) is 6.15. The summed E-state index contributed by atoms with van der Waals surface area (Å²) in [6, 6.07) is 14.3. The van der Waals surface area contributed by atoms with Crippen LogP contribution in [0.1, 0.15) is 18.2 Å². The topological polar surface area (TPSA) is 13.1 Å². The maximum absolute atomic E-state index is 5.41. The lowest BCUT2D eigenvalue weighted by atomic mass is 10.2. The van der Waals surface area contributed by atoms with E-state index in [1.165, 1.54) is 11.3 Å². The molecular formula is C16H18INO. The van der Waals surface area contributed by atoms with Crippen molar-refractivity contribution < 1.29 is 33.3 Å². The molecule has 2 aromatic rings. The molecule has 1 aromatic carbocycles. The molecule has 0 spiro atoms. The van der Waals surface area contributed by atoms with Gasteiger partial charge in [-0.15, -0.1) is 0 Å². The Balaban J connectivity index is 0.00000180. The second-order valence-electron chi connectivity index (χ2n) is 4.07. The van der Waals surface area contributed by atoms with Crippen LogP contribution in [0.3, 0.4) is 0 Å². The van der Waals surface area contributed by atoms with Gasteiger partial charge in [0.05, 0.1) is 6.61 Å². The van der Waals surface area contributed by atoms with Crippen molar-refractivity contribution >= 4 is 12.2 Å². The van der Waals surface area contributed by atoms with Crippen molar-refractivity contribution in [3.63, 3.8) is 0 Å². The minimum absolute atomic E-state index is 0. The molecule has 0 unspecified atom stereocenters. The van der Waals surface area contributed by atoms with E-state index < -0.39 is 0 Å². The van der Waals surface area contributed by atoms with Crippen LogP contribution in [0.4, 0.5) is 0 Å². The van der Waals surface area contributed by atoms with Crippen molar-refractivity contribution in [3.05, 3.63) is 59.9 Å². The van der Waals surface area contributed by atoms with E-state index in [9.17, 15) is 0 Å². The number of aromatic nitrogens is 1. The Bertz CT molecular complexity index is 535. The number of hydrogen-bond donors (Lipinski definition) is 0. The Hall–Kier alpha value is -1.36. The fraction of sp³-hybridized carbons (Fsp3) is 0.188. The normalized spacial score (nSPS) is 10.2. The largest absolute Gasteiger partial charge is 1.00 e. The molecule has 0 aliphatic carbocycles. The summed E-state index contributed by atoms with van der Waals surface area (Å²) in [4.78, 5) is 0. The van der Waals surface area contributed by atoms with Crippen molar-refractivity contribution in [2.45, 2.75) is 6.92 Å². The summed E-state index contributed by atoms with van der Waals surface area (Å²) in [5.74, 6) is 0.917. The van der Waals surface area contributed by atoms with E-state index >= 15 is 0 Å². The summed E-state index contributed by atoms with van der Waals surface area (Å²) >= 11 is 0. The van der Waals surface area contributed by atoms with Gasteiger partial charge in [-0.2, -0.15) is 0 Å². The predicted molar refractivity (Wildman–Crippen MR) is 74.2 cm³/mol. The number of benzene rings is 1. The van der Waals surface area contributed by atoms with E-state index in [0.717, 1.165) is 5.75 Å². The fourth-order valence-electron chi connectivity index (χ4n) is 1.73. The number of aryl methyl sites for hydroxylation is 1. The maximum Gasteiger partial charge on any atom is 0.204 e. The zero-order valence-corrected chi connectivity index (χ0v) is 13.4. The predicted octanol–water partition coefficient (Wildman–Crippen LogP) is 0.0842. The Kier molecular flexibility index (Phi) is 6.56. The molecule has 1 aromatic heterocycles. The first-order chi connectivity index (χ1) is 8.79. The number of halogens is 1. The second kappa shape index (κ2) is 7.94. The first kappa shape index (κ1) is 15.7. The fourth-order valence-corrected chi connectivity index (χ4v) is 1.73. The highest BCUT2D eigenvalue weighted by molar-refractivity contribution is 5.67. The second-order valence-corrected chi connectivity index (χ2v) is 4.07. The number of rotatable bonds is 4. The Morgan fingerprint density at radius 1 is 1.05 bits per heavy atom. The van der Waals surface area contributed by atoms with E-state index in [4.69, 9.17) is 4.74 Å². The average molecular weight is 367 g/mol. The van der Waals surface area contributed by atoms with Gasteiger partial charge >= 0.3 is 0 Å². The molecule has 0 bridgehead atoms. The SMILES string of the molecule is CCOc1ccc(/C=C\c2cccc[n+]2C)cc1.[I-]. The molecule has 0 aliphatic heterocycles. The van der Waals surface area contributed by atoms with Crippen molar-refractivity contribution in [2.24, 2.45) is 7.05 Å². The maximum atomic E-state index is 5.41. The lowest BCUT2D eigenvalue weighted by Crippen LogP contribution is -3.00. The van der Waals surface area contributed by atoms with Gasteiger partial charge in [-0.05, 0) is 36.8 Å². The van der Waals surface area contributed by atoms with Gasteiger partial charge in [0, 0.05) is 18.2 Å². The zero-order valence-electron chi connectivity index (χ0n) is 11.2. The third kappa shape index (κ3) is 4.67. The standard InChI is InChI=1S/C16H18NO.HI/c1-3-18-16-11-8-14(9-12-16)7-10-15-6-4-5-13-17(15)2;/h4-13H,3H2,1-2H3;1H/q+1;/p-1/b10-7-;. The minimum Gasteiger partial charge on any atom is -1.00 e. The van der Waals surface area contributed by atoms with Gasteiger partial charge in [0.1, 0.15) is 12.8 Å². The summed E-state index contributed by atoms with van der Waals surface area (Å²) in [6.45, 7) is 2.69. The number of hydrogen-bond acceptors (Lipinski definition) is 1. The minimum atomic E-state index is 0. The monoisotopic (exact) mass is 367 g/mol. The summed E-state index contributed by atoms with van der Waals surface area (Å²) in [6.07, 6.45) is 6.25. The first-order valence-corrected chi connectivity index (χ1v) is 6.15. The molecule has 0 atom stereocenters. The highest BCUT2D eigenvalue weighted by Gasteiger charge is 1.98. The summed E-state index contributed by atoms with van der Waals surface area (Å²) < 4.78 is 7.50. The van der Waals surface area contributed by atoms with Crippen molar-refractivity contribution in [1.82, 2.24) is 0 Å². The van der Waals surface area contributed by atoms with E-state index in [-0.39, 0.29) is 24.0 Å². The lowest BCUT2D eigenvalue weighted by molar-refractivity contribution is -0.673. The molecular weight excluding hydrogens is 349 g/mol.